The number of nitrogens with one attached hydrogen (secondary N) is 3. The molecule has 0 radical (unpaired) electrons. The summed E-state index contributed by atoms with van der Waals surface area (Å²) in [6.45, 7) is 4.87. The van der Waals surface area contributed by atoms with Crippen LogP contribution in [0.25, 0.3) is 6.08 Å². The maximum atomic E-state index is 13.1. The van der Waals surface area contributed by atoms with Crippen molar-refractivity contribution in [1.29, 1.82) is 0 Å². The van der Waals surface area contributed by atoms with Gasteiger partial charge in [-0.05, 0) is 116 Å². The molecule has 1 saturated heterocycles. The smallest absolute Gasteiger partial charge is 0.315 e. The second-order valence-corrected chi connectivity index (χ2v) is 14.0. The molecule has 0 spiro atoms. The van der Waals surface area contributed by atoms with Crippen molar-refractivity contribution >= 4 is 35.0 Å². The van der Waals surface area contributed by atoms with Gasteiger partial charge in [0, 0.05) is 11.6 Å². The number of urea groups is 1. The van der Waals surface area contributed by atoms with Gasteiger partial charge in [-0.2, -0.15) is 0 Å². The zero-order chi connectivity index (χ0) is 25.8. The summed E-state index contributed by atoms with van der Waals surface area (Å²) in [5.41, 5.74) is 1.59. The normalized spacial score (nSPS) is 39.5. The van der Waals surface area contributed by atoms with Crippen LogP contribution < -0.4 is 20.7 Å². The van der Waals surface area contributed by atoms with Gasteiger partial charge in [0.25, 0.3) is 11.1 Å². The number of carbonyl (C=O) groups is 3. The van der Waals surface area contributed by atoms with E-state index in [1.54, 1.807) is 6.08 Å². The van der Waals surface area contributed by atoms with E-state index in [0.717, 1.165) is 73.9 Å². The Labute approximate surface area is 222 Å². The van der Waals surface area contributed by atoms with Crippen molar-refractivity contribution in [2.24, 2.45) is 16.7 Å². The summed E-state index contributed by atoms with van der Waals surface area (Å²) in [4.78, 5) is 36.5. The summed E-state index contributed by atoms with van der Waals surface area (Å²) in [6, 6.07) is 7.78. The molecule has 37 heavy (non-hydrogen) atoms. The van der Waals surface area contributed by atoms with Gasteiger partial charge >= 0.3 is 6.03 Å². The van der Waals surface area contributed by atoms with Gasteiger partial charge in [-0.1, -0.05) is 26.0 Å². The molecule has 1 heterocycles. The van der Waals surface area contributed by atoms with E-state index in [-0.39, 0.29) is 34.9 Å². The Balaban J connectivity index is 0.976. The summed E-state index contributed by atoms with van der Waals surface area (Å²) in [5, 5.41) is 8.69. The zero-order valence-corrected chi connectivity index (χ0v) is 22.5. The molecule has 5 saturated carbocycles. The zero-order valence-electron chi connectivity index (χ0n) is 21.7. The van der Waals surface area contributed by atoms with Crippen LogP contribution in [0, 0.1) is 16.7 Å². The first-order valence-corrected chi connectivity index (χ1v) is 14.5. The van der Waals surface area contributed by atoms with Gasteiger partial charge < -0.3 is 15.4 Å². The largest absolute Gasteiger partial charge is 0.490 e. The highest BCUT2D eigenvalue weighted by Gasteiger charge is 2.60. The van der Waals surface area contributed by atoms with Crippen LogP contribution in [0.4, 0.5) is 9.59 Å². The molecule has 198 valence electrons. The van der Waals surface area contributed by atoms with Gasteiger partial charge in [0.2, 0.25) is 0 Å². The van der Waals surface area contributed by atoms with E-state index in [0.29, 0.717) is 15.7 Å². The Kier molecular flexibility index (Phi) is 6.09. The number of hydrogen-bond acceptors (Lipinski definition) is 5. The number of amides is 4. The Morgan fingerprint density at radius 3 is 2.27 bits per heavy atom. The molecule has 7 rings (SSSR count). The monoisotopic (exact) mass is 523 g/mol. The average molecular weight is 524 g/mol. The summed E-state index contributed by atoms with van der Waals surface area (Å²) in [7, 11) is 0. The average Bonchev–Trinajstić information content (AvgIpc) is 3.10. The van der Waals surface area contributed by atoms with Crippen LogP contribution in [0.15, 0.2) is 29.2 Å². The molecule has 4 bridgehead atoms. The van der Waals surface area contributed by atoms with E-state index in [2.05, 4.69) is 29.8 Å². The third kappa shape index (κ3) is 5.27. The minimum absolute atomic E-state index is 0.0130. The Morgan fingerprint density at radius 1 is 1.00 bits per heavy atom. The fourth-order valence-corrected chi connectivity index (χ4v) is 9.46. The Bertz CT molecular complexity index is 1120. The molecule has 6 aliphatic rings. The van der Waals surface area contributed by atoms with Crippen molar-refractivity contribution in [2.75, 3.05) is 0 Å². The number of hydrogen-bond donors (Lipinski definition) is 3. The van der Waals surface area contributed by atoms with Gasteiger partial charge in [-0.3, -0.25) is 14.9 Å². The first kappa shape index (κ1) is 24.8. The molecule has 1 aromatic rings. The van der Waals surface area contributed by atoms with E-state index < -0.39 is 0 Å². The van der Waals surface area contributed by atoms with Crippen molar-refractivity contribution in [2.45, 2.75) is 95.7 Å². The SMILES string of the molecule is CC12CC3CC(C)(C1)CC(NC(=O)NC1CCC(Oc4ccc(/C=C5\SC(=O)NC5=O)cc4)CC1)(C3)C2. The van der Waals surface area contributed by atoms with Gasteiger partial charge in [-0.15, -0.1) is 0 Å². The second-order valence-electron chi connectivity index (χ2n) is 13.0. The van der Waals surface area contributed by atoms with E-state index in [4.69, 9.17) is 4.74 Å². The van der Waals surface area contributed by atoms with Crippen LogP contribution in [-0.4, -0.2) is 34.9 Å². The molecular formula is C29H37N3O4S. The lowest BCUT2D eigenvalue weighted by Crippen LogP contribution is -2.66. The second kappa shape index (κ2) is 9.07. The number of thioether (sulfide) groups is 1. The van der Waals surface area contributed by atoms with Gasteiger partial charge in [0.05, 0.1) is 11.0 Å². The van der Waals surface area contributed by atoms with Crippen molar-refractivity contribution in [3.8, 4) is 5.75 Å². The minimum Gasteiger partial charge on any atom is -0.490 e. The van der Waals surface area contributed by atoms with Crippen molar-refractivity contribution in [3.63, 3.8) is 0 Å². The molecule has 3 N–H and O–H groups in total. The van der Waals surface area contributed by atoms with E-state index in [9.17, 15) is 14.4 Å². The topological polar surface area (TPSA) is 96.5 Å². The third-order valence-electron chi connectivity index (χ3n) is 9.14. The highest BCUT2D eigenvalue weighted by molar-refractivity contribution is 8.18. The molecule has 6 fully saturated rings. The van der Waals surface area contributed by atoms with Crippen LogP contribution >= 0.6 is 11.8 Å². The lowest BCUT2D eigenvalue weighted by molar-refractivity contribution is -0.115. The predicted molar refractivity (Wildman–Crippen MR) is 144 cm³/mol. The van der Waals surface area contributed by atoms with Crippen LogP contribution in [0.1, 0.15) is 83.6 Å². The lowest BCUT2D eigenvalue weighted by atomic mass is 9.43. The summed E-state index contributed by atoms with van der Waals surface area (Å²) < 4.78 is 6.20. The van der Waals surface area contributed by atoms with E-state index in [1.807, 2.05) is 24.3 Å². The van der Waals surface area contributed by atoms with E-state index in [1.165, 1.54) is 19.3 Å². The van der Waals surface area contributed by atoms with Crippen molar-refractivity contribution < 1.29 is 19.1 Å². The first-order valence-electron chi connectivity index (χ1n) is 13.7. The molecule has 4 amide bonds. The summed E-state index contributed by atoms with van der Waals surface area (Å²) in [6.07, 6.45) is 12.8. The molecule has 7 nitrogen and oxygen atoms in total. The number of rotatable bonds is 5. The highest BCUT2D eigenvalue weighted by atomic mass is 32.2. The molecular weight excluding hydrogens is 486 g/mol. The molecule has 1 aliphatic heterocycles. The van der Waals surface area contributed by atoms with Gasteiger partial charge in [0.1, 0.15) is 5.75 Å². The van der Waals surface area contributed by atoms with Gasteiger partial charge in [-0.25, -0.2) is 4.79 Å². The maximum Gasteiger partial charge on any atom is 0.315 e. The number of carbonyl (C=O) groups excluding carboxylic acids is 3. The van der Waals surface area contributed by atoms with Crippen molar-refractivity contribution in [1.82, 2.24) is 16.0 Å². The number of imide groups is 1. The Hall–Kier alpha value is -2.48. The standard InChI is InChI=1S/C29H37N3O4S/c1-27-12-19-13-28(2,15-27)17-29(14-19,16-27)32-25(34)30-20-5-9-22(10-6-20)36-21-7-3-18(4-8-21)11-23-24(33)31-26(35)37-23/h3-4,7-8,11,19-20,22H,5-6,9-10,12-17H2,1-2H3,(H2,30,32,34)(H,31,33,35)/b23-11-. The molecule has 1 aromatic carbocycles. The molecule has 0 aromatic heterocycles. The van der Waals surface area contributed by atoms with Crippen LogP contribution in [0.2, 0.25) is 0 Å². The van der Waals surface area contributed by atoms with Crippen LogP contribution in [-0.2, 0) is 4.79 Å². The number of benzene rings is 1. The maximum absolute atomic E-state index is 13.1. The van der Waals surface area contributed by atoms with Crippen LogP contribution in [0.3, 0.4) is 0 Å². The molecule has 2 atom stereocenters. The molecule has 8 heteroatoms. The molecule has 2 unspecified atom stereocenters. The van der Waals surface area contributed by atoms with Crippen molar-refractivity contribution in [3.05, 3.63) is 34.7 Å². The fraction of sp³-hybridized carbons (Fsp3) is 0.621. The summed E-state index contributed by atoms with van der Waals surface area (Å²) in [5.74, 6) is 1.20. The lowest BCUT2D eigenvalue weighted by Gasteiger charge is -2.65. The minimum atomic E-state index is -0.351. The summed E-state index contributed by atoms with van der Waals surface area (Å²) >= 11 is 0.916. The third-order valence-corrected chi connectivity index (χ3v) is 9.95. The predicted octanol–water partition coefficient (Wildman–Crippen LogP) is 5.75. The van der Waals surface area contributed by atoms with Gasteiger partial charge in [0.15, 0.2) is 0 Å². The fourth-order valence-electron chi connectivity index (χ4n) is 8.78. The first-order chi connectivity index (χ1) is 17.6. The number of ether oxygens (including phenoxy) is 1. The van der Waals surface area contributed by atoms with Crippen LogP contribution in [0.5, 0.6) is 5.75 Å². The highest BCUT2D eigenvalue weighted by Crippen LogP contribution is 2.66. The Morgan fingerprint density at radius 2 is 1.68 bits per heavy atom. The quantitative estimate of drug-likeness (QED) is 0.427. The van der Waals surface area contributed by atoms with E-state index >= 15 is 0 Å². The molecule has 5 aliphatic carbocycles.